The van der Waals surface area contributed by atoms with Gasteiger partial charge in [0.2, 0.25) is 0 Å². The van der Waals surface area contributed by atoms with Gasteiger partial charge < -0.3 is 15.3 Å². The van der Waals surface area contributed by atoms with E-state index in [1.165, 1.54) is 11.3 Å². The molecule has 6 heteroatoms. The zero-order chi connectivity index (χ0) is 14.3. The predicted octanol–water partition coefficient (Wildman–Crippen LogP) is 2.17. The Kier molecular flexibility index (Phi) is 7.05. The molecule has 0 saturated heterocycles. The first-order chi connectivity index (χ1) is 9.04. The lowest BCUT2D eigenvalue weighted by molar-refractivity contribution is -0.137. The van der Waals surface area contributed by atoms with E-state index in [4.69, 9.17) is 5.11 Å². The first-order valence-corrected chi connectivity index (χ1v) is 7.94. The van der Waals surface area contributed by atoms with Crippen LogP contribution in [-0.4, -0.2) is 52.6 Å². The highest BCUT2D eigenvalue weighted by Crippen LogP contribution is 2.28. The van der Waals surface area contributed by atoms with E-state index in [0.717, 1.165) is 25.0 Å². The van der Waals surface area contributed by atoms with Gasteiger partial charge in [-0.2, -0.15) is 11.8 Å². The fourth-order valence-electron chi connectivity index (χ4n) is 2.31. The second-order valence-corrected chi connectivity index (χ2v) is 6.42. The predicted molar refractivity (Wildman–Crippen MR) is 77.6 cm³/mol. The summed E-state index contributed by atoms with van der Waals surface area (Å²) >= 11 is 1.90. The number of urea groups is 1. The highest BCUT2D eigenvalue weighted by Gasteiger charge is 2.27. The molecule has 0 radical (unpaired) electrons. The summed E-state index contributed by atoms with van der Waals surface area (Å²) in [4.78, 5) is 23.9. The Labute approximate surface area is 119 Å². The molecule has 5 nitrogen and oxygen atoms in total. The Morgan fingerprint density at radius 2 is 2.05 bits per heavy atom. The van der Waals surface area contributed by atoms with Crippen molar-refractivity contribution >= 4 is 23.8 Å². The maximum atomic E-state index is 12.0. The van der Waals surface area contributed by atoms with Crippen LogP contribution >= 0.6 is 11.8 Å². The molecule has 0 bridgehead atoms. The van der Waals surface area contributed by atoms with Gasteiger partial charge in [-0.25, -0.2) is 4.79 Å². The Morgan fingerprint density at radius 1 is 1.37 bits per heavy atom. The molecule has 0 aromatic heterocycles. The molecule has 0 aromatic rings. The summed E-state index contributed by atoms with van der Waals surface area (Å²) in [6.45, 7) is 2.39. The lowest BCUT2D eigenvalue weighted by Crippen LogP contribution is -2.48. The second kappa shape index (κ2) is 8.30. The first kappa shape index (κ1) is 16.1. The van der Waals surface area contributed by atoms with Crippen molar-refractivity contribution in [3.8, 4) is 0 Å². The van der Waals surface area contributed by atoms with Gasteiger partial charge in [0.1, 0.15) is 0 Å². The van der Waals surface area contributed by atoms with Crippen LogP contribution in [0.1, 0.15) is 39.0 Å². The van der Waals surface area contributed by atoms with Gasteiger partial charge in [-0.3, -0.25) is 4.79 Å². The van der Waals surface area contributed by atoms with Crippen LogP contribution < -0.4 is 5.32 Å². The molecule has 1 fully saturated rings. The van der Waals surface area contributed by atoms with Crippen LogP contribution in [0.2, 0.25) is 0 Å². The molecule has 2 amide bonds. The molecule has 0 aliphatic heterocycles. The molecule has 110 valence electrons. The minimum atomic E-state index is -0.878. The maximum Gasteiger partial charge on any atom is 0.317 e. The molecule has 0 aromatic carbocycles. The van der Waals surface area contributed by atoms with Crippen LogP contribution in [0, 0.1) is 0 Å². The van der Waals surface area contributed by atoms with E-state index >= 15 is 0 Å². The van der Waals surface area contributed by atoms with Crippen molar-refractivity contribution in [3.63, 3.8) is 0 Å². The summed E-state index contributed by atoms with van der Waals surface area (Å²) < 4.78 is 0. The van der Waals surface area contributed by atoms with Crippen molar-refractivity contribution in [2.45, 2.75) is 50.3 Å². The normalized spacial score (nSPS) is 22.8. The maximum absolute atomic E-state index is 12.0. The zero-order valence-electron chi connectivity index (χ0n) is 11.7. The molecule has 2 atom stereocenters. The average molecular weight is 288 g/mol. The van der Waals surface area contributed by atoms with Gasteiger partial charge in [-0.1, -0.05) is 19.8 Å². The van der Waals surface area contributed by atoms with Gasteiger partial charge in [0.15, 0.2) is 0 Å². The average Bonchev–Trinajstić information content (AvgIpc) is 2.38. The summed E-state index contributed by atoms with van der Waals surface area (Å²) in [6.07, 6.45) is 4.56. The van der Waals surface area contributed by atoms with Crippen LogP contribution in [-0.2, 0) is 4.79 Å². The van der Waals surface area contributed by atoms with Crippen LogP contribution in [0.5, 0.6) is 0 Å². The monoisotopic (exact) mass is 288 g/mol. The number of aliphatic carboxylic acids is 1. The number of carbonyl (C=O) groups is 2. The summed E-state index contributed by atoms with van der Waals surface area (Å²) in [5.41, 5.74) is 0. The van der Waals surface area contributed by atoms with E-state index in [-0.39, 0.29) is 25.0 Å². The molecule has 0 spiro atoms. The van der Waals surface area contributed by atoms with Crippen LogP contribution in [0.4, 0.5) is 4.79 Å². The van der Waals surface area contributed by atoms with E-state index in [1.54, 1.807) is 7.05 Å². The fourth-order valence-corrected chi connectivity index (χ4v) is 3.51. The van der Waals surface area contributed by atoms with Crippen molar-refractivity contribution in [2.75, 3.05) is 19.3 Å². The molecule has 1 saturated carbocycles. The summed E-state index contributed by atoms with van der Waals surface area (Å²) in [5.74, 6) is 0.183. The minimum absolute atomic E-state index is 0.0122. The Hall–Kier alpha value is -0.910. The number of carbonyl (C=O) groups excluding carboxylic acids is 1. The zero-order valence-corrected chi connectivity index (χ0v) is 12.5. The number of amides is 2. The fraction of sp³-hybridized carbons (Fsp3) is 0.846. The molecular weight excluding hydrogens is 264 g/mol. The van der Waals surface area contributed by atoms with Gasteiger partial charge >= 0.3 is 12.0 Å². The third-order valence-corrected chi connectivity index (χ3v) is 4.73. The third-order valence-electron chi connectivity index (χ3n) is 3.40. The minimum Gasteiger partial charge on any atom is -0.481 e. The molecule has 19 heavy (non-hydrogen) atoms. The quantitative estimate of drug-likeness (QED) is 0.786. The number of nitrogens with zero attached hydrogens (tertiary/aromatic N) is 1. The van der Waals surface area contributed by atoms with Crippen LogP contribution in [0.25, 0.3) is 0 Å². The van der Waals surface area contributed by atoms with Gasteiger partial charge in [-0.15, -0.1) is 0 Å². The molecular formula is C13H24N2O3S. The number of carboxylic acid groups (broad SMARTS) is 1. The lowest BCUT2D eigenvalue weighted by atomic mass is 9.95. The number of hydrogen-bond acceptors (Lipinski definition) is 3. The number of thioether (sulfide) groups is 1. The number of nitrogens with one attached hydrogen (secondary N) is 1. The van der Waals surface area contributed by atoms with Crippen molar-refractivity contribution in [1.82, 2.24) is 10.2 Å². The number of hydrogen-bond donors (Lipinski definition) is 2. The SMILES string of the molecule is CCSC1CCCCC1NC(=O)N(C)CCC(=O)O. The molecule has 1 aliphatic carbocycles. The molecule has 2 N–H and O–H groups in total. The van der Waals surface area contributed by atoms with Gasteiger partial charge in [-0.05, 0) is 18.6 Å². The third kappa shape index (κ3) is 5.72. The smallest absolute Gasteiger partial charge is 0.317 e. The standard InChI is InChI=1S/C13H24N2O3S/c1-3-19-11-7-5-4-6-10(11)14-13(18)15(2)9-8-12(16)17/h10-11H,3-9H2,1-2H3,(H,14,18)(H,16,17). The summed E-state index contributed by atoms with van der Waals surface area (Å²) in [6, 6.07) is 0.0633. The van der Waals surface area contributed by atoms with Crippen LogP contribution in [0.15, 0.2) is 0 Å². The van der Waals surface area contributed by atoms with Crippen molar-refractivity contribution in [2.24, 2.45) is 0 Å². The highest BCUT2D eigenvalue weighted by molar-refractivity contribution is 7.99. The number of rotatable bonds is 6. The molecule has 2 unspecified atom stereocenters. The van der Waals surface area contributed by atoms with E-state index in [9.17, 15) is 9.59 Å². The molecule has 1 rings (SSSR count). The second-order valence-electron chi connectivity index (χ2n) is 4.90. The largest absolute Gasteiger partial charge is 0.481 e. The van der Waals surface area contributed by atoms with Crippen LogP contribution in [0.3, 0.4) is 0 Å². The van der Waals surface area contributed by atoms with Crippen molar-refractivity contribution in [3.05, 3.63) is 0 Å². The van der Waals surface area contributed by atoms with Gasteiger partial charge in [0.05, 0.1) is 6.42 Å². The Balaban J connectivity index is 2.42. The highest BCUT2D eigenvalue weighted by atomic mass is 32.2. The van der Waals surface area contributed by atoms with Crippen molar-refractivity contribution < 1.29 is 14.7 Å². The Morgan fingerprint density at radius 3 is 2.68 bits per heavy atom. The van der Waals surface area contributed by atoms with E-state index < -0.39 is 5.97 Å². The van der Waals surface area contributed by atoms with Crippen molar-refractivity contribution in [1.29, 1.82) is 0 Å². The Bertz CT molecular complexity index is 310. The van der Waals surface area contributed by atoms with Gasteiger partial charge in [0.25, 0.3) is 0 Å². The lowest BCUT2D eigenvalue weighted by Gasteiger charge is -2.32. The summed E-state index contributed by atoms with van der Waals surface area (Å²) in [7, 11) is 1.64. The topological polar surface area (TPSA) is 69.6 Å². The number of carboxylic acids is 1. The van der Waals surface area contributed by atoms with Gasteiger partial charge in [0, 0.05) is 24.9 Å². The molecule has 0 heterocycles. The first-order valence-electron chi connectivity index (χ1n) is 6.89. The molecule has 1 aliphatic rings. The summed E-state index contributed by atoms with van der Waals surface area (Å²) in [5, 5.41) is 12.2. The van der Waals surface area contributed by atoms with E-state index in [1.807, 2.05) is 11.8 Å². The van der Waals surface area contributed by atoms with E-state index in [2.05, 4.69) is 12.2 Å². The van der Waals surface area contributed by atoms with E-state index in [0.29, 0.717) is 5.25 Å².